The molecule has 1 nitrogen and oxygen atoms in total. The molecule has 2 rings (SSSR count). The molecule has 0 amide bonds. The van der Waals surface area contributed by atoms with Crippen molar-refractivity contribution in [1.82, 2.24) is 0 Å². The number of hydrogen-bond donors (Lipinski definition) is 0. The predicted octanol–water partition coefficient (Wildman–Crippen LogP) is 4.37. The monoisotopic (exact) mass is 251 g/mol. The summed E-state index contributed by atoms with van der Waals surface area (Å²) in [5.74, 6) is 0.628. The number of ether oxygens (including phenoxy) is 1. The van der Waals surface area contributed by atoms with Crippen molar-refractivity contribution in [2.75, 3.05) is 0 Å². The summed E-state index contributed by atoms with van der Waals surface area (Å²) in [6.45, 7) is 0.447. The van der Waals surface area contributed by atoms with Gasteiger partial charge in [-0.1, -0.05) is 47.5 Å². The van der Waals surface area contributed by atoms with Gasteiger partial charge in [0, 0.05) is 5.02 Å². The highest BCUT2D eigenvalue weighted by molar-refractivity contribution is 6.35. The third-order valence-electron chi connectivity index (χ3n) is 2.05. The van der Waals surface area contributed by atoms with Crippen LogP contribution < -0.4 is 4.74 Å². The van der Waals surface area contributed by atoms with Gasteiger partial charge < -0.3 is 4.74 Å². The van der Waals surface area contributed by atoms with E-state index in [-0.39, 0.29) is 0 Å². The van der Waals surface area contributed by atoms with Gasteiger partial charge in [0.1, 0.15) is 12.4 Å². The van der Waals surface area contributed by atoms with Crippen LogP contribution in [0.5, 0.6) is 5.75 Å². The average molecular weight is 252 g/mol. The van der Waals surface area contributed by atoms with E-state index in [0.717, 1.165) is 5.56 Å². The highest BCUT2D eigenvalue weighted by atomic mass is 35.5. The fraction of sp³-hybridized carbons (Fsp3) is 0.0769. The first-order valence-electron chi connectivity index (χ1n) is 4.79. The average Bonchev–Trinajstić information content (AvgIpc) is 2.29. The van der Waals surface area contributed by atoms with Crippen LogP contribution in [0.15, 0.2) is 42.5 Å². The third-order valence-corrected chi connectivity index (χ3v) is 2.58. The molecule has 0 N–H and O–H groups in total. The molecule has 0 aliphatic carbocycles. The standard InChI is InChI=1S/C13H9Cl2O/c14-11-6-7-13(12(15)8-11)16-9-10-4-2-1-3-5-10/h1-4,6-8H,9H2. The first-order valence-corrected chi connectivity index (χ1v) is 5.55. The van der Waals surface area contributed by atoms with E-state index in [1.54, 1.807) is 18.2 Å². The van der Waals surface area contributed by atoms with Gasteiger partial charge in [-0.05, 0) is 29.8 Å². The Hall–Kier alpha value is -1.18. The Morgan fingerprint density at radius 3 is 2.69 bits per heavy atom. The molecule has 0 unspecified atom stereocenters. The fourth-order valence-corrected chi connectivity index (χ4v) is 1.73. The van der Waals surface area contributed by atoms with E-state index >= 15 is 0 Å². The maximum Gasteiger partial charge on any atom is 0.138 e. The van der Waals surface area contributed by atoms with E-state index in [0.29, 0.717) is 22.4 Å². The Labute approximate surface area is 105 Å². The highest BCUT2D eigenvalue weighted by Crippen LogP contribution is 2.27. The maximum atomic E-state index is 5.98. The van der Waals surface area contributed by atoms with Crippen LogP contribution in [0.25, 0.3) is 0 Å². The lowest BCUT2D eigenvalue weighted by Crippen LogP contribution is -1.95. The molecule has 0 aliphatic rings. The molecule has 0 atom stereocenters. The number of hydrogen-bond acceptors (Lipinski definition) is 1. The van der Waals surface area contributed by atoms with E-state index in [4.69, 9.17) is 27.9 Å². The van der Waals surface area contributed by atoms with Gasteiger partial charge in [-0.25, -0.2) is 0 Å². The van der Waals surface area contributed by atoms with Gasteiger partial charge >= 0.3 is 0 Å². The Morgan fingerprint density at radius 1 is 1.12 bits per heavy atom. The van der Waals surface area contributed by atoms with Crippen LogP contribution in [0.1, 0.15) is 5.56 Å². The van der Waals surface area contributed by atoms with Crippen molar-refractivity contribution >= 4 is 23.2 Å². The van der Waals surface area contributed by atoms with Crippen LogP contribution in [0, 0.1) is 6.07 Å². The summed E-state index contributed by atoms with van der Waals surface area (Å²) in [5.41, 5.74) is 0.980. The Kier molecular flexibility index (Phi) is 3.70. The van der Waals surface area contributed by atoms with E-state index in [9.17, 15) is 0 Å². The molecule has 0 saturated carbocycles. The van der Waals surface area contributed by atoms with Crippen molar-refractivity contribution < 1.29 is 4.74 Å². The Balaban J connectivity index is 2.05. The molecule has 0 aliphatic heterocycles. The first-order chi connectivity index (χ1) is 7.75. The van der Waals surface area contributed by atoms with Crippen molar-refractivity contribution in [3.63, 3.8) is 0 Å². The summed E-state index contributed by atoms with van der Waals surface area (Å²) >= 11 is 11.8. The lowest BCUT2D eigenvalue weighted by Gasteiger charge is -2.07. The van der Waals surface area contributed by atoms with Gasteiger partial charge in [-0.2, -0.15) is 0 Å². The molecule has 0 bridgehead atoms. The minimum absolute atomic E-state index is 0.447. The van der Waals surface area contributed by atoms with Gasteiger partial charge in [-0.3, -0.25) is 0 Å². The summed E-state index contributed by atoms with van der Waals surface area (Å²) < 4.78 is 5.56. The van der Waals surface area contributed by atoms with Crippen LogP contribution >= 0.6 is 23.2 Å². The van der Waals surface area contributed by atoms with Gasteiger partial charge in [0.15, 0.2) is 0 Å². The van der Waals surface area contributed by atoms with Crippen LogP contribution in [0.2, 0.25) is 10.0 Å². The lowest BCUT2D eigenvalue weighted by molar-refractivity contribution is 0.306. The molecule has 0 heterocycles. The Bertz CT molecular complexity index is 469. The lowest BCUT2D eigenvalue weighted by atomic mass is 10.2. The zero-order valence-electron chi connectivity index (χ0n) is 8.41. The van der Waals surface area contributed by atoms with Crippen LogP contribution in [-0.4, -0.2) is 0 Å². The molecule has 2 aromatic carbocycles. The molecule has 2 aromatic rings. The number of halogens is 2. The largest absolute Gasteiger partial charge is 0.487 e. The molecule has 16 heavy (non-hydrogen) atoms. The molecular weight excluding hydrogens is 243 g/mol. The van der Waals surface area contributed by atoms with Crippen LogP contribution in [0.3, 0.4) is 0 Å². The van der Waals surface area contributed by atoms with Gasteiger partial charge in [0.2, 0.25) is 0 Å². The van der Waals surface area contributed by atoms with Gasteiger partial charge in [0.05, 0.1) is 5.02 Å². The zero-order chi connectivity index (χ0) is 11.4. The minimum Gasteiger partial charge on any atom is -0.487 e. The van der Waals surface area contributed by atoms with Gasteiger partial charge in [-0.15, -0.1) is 0 Å². The SMILES string of the molecule is Clc1ccc(OCc2[c]cccc2)c(Cl)c1. The van der Waals surface area contributed by atoms with Crippen molar-refractivity contribution in [3.05, 3.63) is 64.1 Å². The minimum atomic E-state index is 0.447. The van der Waals surface area contributed by atoms with Crippen molar-refractivity contribution in [2.45, 2.75) is 6.61 Å². The second kappa shape index (κ2) is 5.24. The molecule has 0 aromatic heterocycles. The van der Waals surface area contributed by atoms with E-state index < -0.39 is 0 Å². The molecule has 0 spiro atoms. The number of rotatable bonds is 3. The smallest absolute Gasteiger partial charge is 0.138 e. The normalized spacial score (nSPS) is 10.1. The third kappa shape index (κ3) is 2.91. The summed E-state index contributed by atoms with van der Waals surface area (Å²) in [5, 5.41) is 1.12. The summed E-state index contributed by atoms with van der Waals surface area (Å²) in [4.78, 5) is 0. The zero-order valence-corrected chi connectivity index (χ0v) is 9.92. The summed E-state index contributed by atoms with van der Waals surface area (Å²) in [6.07, 6.45) is 0. The van der Waals surface area contributed by atoms with E-state index in [1.807, 2.05) is 24.3 Å². The first kappa shape index (κ1) is 11.3. The fourth-order valence-electron chi connectivity index (χ4n) is 1.27. The number of benzene rings is 2. The quantitative estimate of drug-likeness (QED) is 0.787. The van der Waals surface area contributed by atoms with Gasteiger partial charge in [0.25, 0.3) is 0 Å². The maximum absolute atomic E-state index is 5.98. The van der Waals surface area contributed by atoms with Crippen molar-refractivity contribution in [3.8, 4) is 5.75 Å². The molecule has 0 fully saturated rings. The summed E-state index contributed by atoms with van der Waals surface area (Å²) in [7, 11) is 0. The molecule has 0 saturated heterocycles. The molecule has 3 heteroatoms. The van der Waals surface area contributed by atoms with Crippen LogP contribution in [-0.2, 0) is 6.61 Å². The molecule has 1 radical (unpaired) electrons. The molecule has 81 valence electrons. The van der Waals surface area contributed by atoms with Crippen molar-refractivity contribution in [2.24, 2.45) is 0 Å². The summed E-state index contributed by atoms with van der Waals surface area (Å²) in [6, 6.07) is 15.9. The predicted molar refractivity (Wildman–Crippen MR) is 66.1 cm³/mol. The highest BCUT2D eigenvalue weighted by Gasteiger charge is 2.02. The second-order valence-corrected chi connectivity index (χ2v) is 4.09. The van der Waals surface area contributed by atoms with Crippen LogP contribution in [0.4, 0.5) is 0 Å². The van der Waals surface area contributed by atoms with E-state index in [1.165, 1.54) is 0 Å². The van der Waals surface area contributed by atoms with E-state index in [2.05, 4.69) is 6.07 Å². The topological polar surface area (TPSA) is 9.23 Å². The second-order valence-electron chi connectivity index (χ2n) is 3.25. The van der Waals surface area contributed by atoms with Crippen molar-refractivity contribution in [1.29, 1.82) is 0 Å². The Morgan fingerprint density at radius 2 is 2.00 bits per heavy atom. The molecular formula is C13H9Cl2O.